The first-order valence-corrected chi connectivity index (χ1v) is 8.00. The zero-order chi connectivity index (χ0) is 16.4. The maximum absolute atomic E-state index is 13.1. The molecule has 0 spiro atoms. The average molecular weight is 307 g/mol. The van der Waals surface area contributed by atoms with Crippen molar-refractivity contribution in [1.29, 1.82) is 0 Å². The highest BCUT2D eigenvalue weighted by Crippen LogP contribution is 2.44. The number of carbonyl (C=O) groups excluding carboxylic acids is 2. The van der Waals surface area contributed by atoms with Crippen molar-refractivity contribution in [1.82, 2.24) is 0 Å². The van der Waals surface area contributed by atoms with Crippen molar-refractivity contribution < 1.29 is 9.59 Å². The van der Waals surface area contributed by atoms with Crippen molar-refractivity contribution >= 4 is 17.4 Å². The van der Waals surface area contributed by atoms with Gasteiger partial charge in [-0.1, -0.05) is 55.0 Å². The number of hydrogen-bond acceptors (Lipinski definition) is 2. The van der Waals surface area contributed by atoms with Crippen molar-refractivity contribution in [3.8, 4) is 0 Å². The molecule has 23 heavy (non-hydrogen) atoms. The number of nitrogens with one attached hydrogen (secondary N) is 1. The summed E-state index contributed by atoms with van der Waals surface area (Å²) in [6.07, 6.45) is 1.02. The smallest absolute Gasteiger partial charge is 0.235 e. The summed E-state index contributed by atoms with van der Waals surface area (Å²) in [5.74, 6) is -0.242. The molecule has 1 saturated carbocycles. The Morgan fingerprint density at radius 1 is 1.09 bits per heavy atom. The van der Waals surface area contributed by atoms with Crippen LogP contribution in [0.2, 0.25) is 0 Å². The van der Waals surface area contributed by atoms with Crippen LogP contribution in [0.5, 0.6) is 0 Å². The van der Waals surface area contributed by atoms with Crippen LogP contribution < -0.4 is 5.32 Å². The number of rotatable bonds is 3. The number of amides is 1. The van der Waals surface area contributed by atoms with Gasteiger partial charge in [0.15, 0.2) is 0 Å². The predicted molar refractivity (Wildman–Crippen MR) is 91.3 cm³/mol. The van der Waals surface area contributed by atoms with Gasteiger partial charge in [-0.25, -0.2) is 0 Å². The van der Waals surface area contributed by atoms with Gasteiger partial charge in [0.25, 0.3) is 0 Å². The summed E-state index contributed by atoms with van der Waals surface area (Å²) >= 11 is 0. The van der Waals surface area contributed by atoms with Crippen molar-refractivity contribution in [3.05, 3.63) is 65.7 Å². The maximum Gasteiger partial charge on any atom is 0.235 e. The minimum absolute atomic E-state index is 0.0918. The van der Waals surface area contributed by atoms with Crippen LogP contribution in [0.15, 0.2) is 54.6 Å². The Kier molecular flexibility index (Phi) is 4.03. The monoisotopic (exact) mass is 307 g/mol. The number of Topliss-reactive ketones (excluding diaryl/α,β-unsaturated/α-hetero) is 1. The van der Waals surface area contributed by atoms with E-state index in [1.165, 1.54) is 0 Å². The van der Waals surface area contributed by atoms with E-state index in [4.69, 9.17) is 0 Å². The van der Waals surface area contributed by atoms with E-state index in [9.17, 15) is 9.59 Å². The third kappa shape index (κ3) is 2.67. The number of ketones is 1. The largest absolute Gasteiger partial charge is 0.325 e. The molecule has 118 valence electrons. The lowest BCUT2D eigenvalue weighted by molar-refractivity contribution is -0.127. The number of carbonyl (C=O) groups is 2. The molecule has 1 aliphatic rings. The van der Waals surface area contributed by atoms with Crippen molar-refractivity contribution in [2.75, 3.05) is 5.32 Å². The van der Waals surface area contributed by atoms with Gasteiger partial charge in [0.1, 0.15) is 5.78 Å². The number of aryl methyl sites for hydroxylation is 1. The fourth-order valence-electron chi connectivity index (χ4n) is 3.48. The third-order valence-corrected chi connectivity index (χ3v) is 4.99. The number of hydrogen-bond donors (Lipinski definition) is 1. The predicted octanol–water partition coefficient (Wildman–Crippen LogP) is 3.87. The van der Waals surface area contributed by atoms with Gasteiger partial charge in [-0.3, -0.25) is 9.59 Å². The van der Waals surface area contributed by atoms with Gasteiger partial charge in [-0.05, 0) is 31.0 Å². The van der Waals surface area contributed by atoms with E-state index in [1.54, 1.807) is 0 Å². The Balaban J connectivity index is 1.97. The lowest BCUT2D eigenvalue weighted by atomic mass is 9.72. The van der Waals surface area contributed by atoms with Crippen LogP contribution in [-0.2, 0) is 15.0 Å². The van der Waals surface area contributed by atoms with Crippen molar-refractivity contribution in [3.63, 3.8) is 0 Å². The van der Waals surface area contributed by atoms with E-state index < -0.39 is 5.41 Å². The van der Waals surface area contributed by atoms with E-state index in [2.05, 4.69) is 5.32 Å². The summed E-state index contributed by atoms with van der Waals surface area (Å²) in [6, 6.07) is 17.4. The van der Waals surface area contributed by atoms with Crippen LogP contribution in [0.25, 0.3) is 0 Å². The Labute approximate surface area is 136 Å². The van der Waals surface area contributed by atoms with E-state index in [-0.39, 0.29) is 17.6 Å². The normalized spacial score (nSPS) is 23.7. The molecule has 1 N–H and O–H groups in total. The summed E-state index contributed by atoms with van der Waals surface area (Å²) in [4.78, 5) is 25.3. The molecule has 0 unspecified atom stereocenters. The molecule has 1 fully saturated rings. The number of anilines is 1. The maximum atomic E-state index is 13.1. The van der Waals surface area contributed by atoms with E-state index in [1.807, 2.05) is 68.4 Å². The molecule has 1 aliphatic carbocycles. The SMILES string of the molecule is Cc1ccc(NC(=O)[C@]2(c3ccccc3)CCC(=O)[C@@H]2C)cc1. The molecule has 3 rings (SSSR count). The van der Waals surface area contributed by atoms with E-state index >= 15 is 0 Å². The topological polar surface area (TPSA) is 46.2 Å². The third-order valence-electron chi connectivity index (χ3n) is 4.99. The number of benzene rings is 2. The van der Waals surface area contributed by atoms with Crippen LogP contribution in [0, 0.1) is 12.8 Å². The fourth-order valence-corrected chi connectivity index (χ4v) is 3.48. The molecular formula is C20H21NO2. The lowest BCUT2D eigenvalue weighted by Gasteiger charge is -2.32. The van der Waals surface area contributed by atoms with Gasteiger partial charge in [-0.2, -0.15) is 0 Å². The zero-order valence-electron chi connectivity index (χ0n) is 13.5. The van der Waals surface area contributed by atoms with Gasteiger partial charge in [0.05, 0.1) is 5.41 Å². The molecular weight excluding hydrogens is 286 g/mol. The fraction of sp³-hybridized carbons (Fsp3) is 0.300. The summed E-state index contributed by atoms with van der Waals surface area (Å²) in [6.45, 7) is 3.88. The molecule has 0 heterocycles. The first-order valence-electron chi connectivity index (χ1n) is 8.00. The van der Waals surface area contributed by atoms with E-state index in [0.717, 1.165) is 16.8 Å². The molecule has 1 amide bonds. The van der Waals surface area contributed by atoms with Crippen molar-refractivity contribution in [2.24, 2.45) is 5.92 Å². The molecule has 0 radical (unpaired) electrons. The Hall–Kier alpha value is -2.42. The minimum atomic E-state index is -0.775. The zero-order valence-corrected chi connectivity index (χ0v) is 13.5. The molecule has 2 aromatic rings. The summed E-state index contributed by atoms with van der Waals surface area (Å²) in [7, 11) is 0. The van der Waals surface area contributed by atoms with Crippen LogP contribution >= 0.6 is 0 Å². The molecule has 3 heteroatoms. The molecule has 0 aromatic heterocycles. The van der Waals surface area contributed by atoms with Gasteiger partial charge in [-0.15, -0.1) is 0 Å². The van der Waals surface area contributed by atoms with Crippen LogP contribution in [0.3, 0.4) is 0 Å². The Bertz CT molecular complexity index is 721. The second-order valence-electron chi connectivity index (χ2n) is 6.35. The minimum Gasteiger partial charge on any atom is -0.325 e. The molecule has 0 aliphatic heterocycles. The van der Waals surface area contributed by atoms with Gasteiger partial charge >= 0.3 is 0 Å². The van der Waals surface area contributed by atoms with Gasteiger partial charge in [0.2, 0.25) is 5.91 Å². The standard InChI is InChI=1S/C20H21NO2/c1-14-8-10-17(11-9-14)21-19(23)20(13-12-18(22)15(20)2)16-6-4-3-5-7-16/h3-11,15H,12-13H2,1-2H3,(H,21,23)/t15-,20+/m0/s1. The molecule has 0 bridgehead atoms. The Morgan fingerprint density at radius 3 is 2.30 bits per heavy atom. The van der Waals surface area contributed by atoms with Crippen LogP contribution in [0.1, 0.15) is 30.9 Å². The summed E-state index contributed by atoms with van der Waals surface area (Å²) in [5, 5.41) is 3.01. The van der Waals surface area contributed by atoms with Gasteiger partial charge < -0.3 is 5.32 Å². The molecule has 2 aromatic carbocycles. The van der Waals surface area contributed by atoms with Crippen LogP contribution in [0.4, 0.5) is 5.69 Å². The first-order chi connectivity index (χ1) is 11.0. The molecule has 2 atom stereocenters. The van der Waals surface area contributed by atoms with Crippen molar-refractivity contribution in [2.45, 2.75) is 32.1 Å². The van der Waals surface area contributed by atoms with Crippen LogP contribution in [-0.4, -0.2) is 11.7 Å². The van der Waals surface area contributed by atoms with Gasteiger partial charge in [0, 0.05) is 18.0 Å². The summed E-state index contributed by atoms with van der Waals surface area (Å²) in [5.41, 5.74) is 2.05. The highest BCUT2D eigenvalue weighted by atomic mass is 16.2. The highest BCUT2D eigenvalue weighted by molar-refractivity contribution is 6.05. The molecule has 3 nitrogen and oxygen atoms in total. The Morgan fingerprint density at radius 2 is 1.74 bits per heavy atom. The van der Waals surface area contributed by atoms with E-state index in [0.29, 0.717) is 12.8 Å². The molecule has 0 saturated heterocycles. The second kappa shape index (κ2) is 5.99. The summed E-state index contributed by atoms with van der Waals surface area (Å²) < 4.78 is 0. The highest BCUT2D eigenvalue weighted by Gasteiger charge is 2.52. The quantitative estimate of drug-likeness (QED) is 0.935. The second-order valence-corrected chi connectivity index (χ2v) is 6.35. The average Bonchev–Trinajstić information content (AvgIpc) is 2.87. The first kappa shape index (κ1) is 15.5. The lowest BCUT2D eigenvalue weighted by Crippen LogP contribution is -2.43.